The average molecular weight is 351 g/mol. The third-order valence-corrected chi connectivity index (χ3v) is 3.80. The Morgan fingerprint density at radius 1 is 1.38 bits per heavy atom. The first kappa shape index (κ1) is 18.0. The van der Waals surface area contributed by atoms with E-state index in [1.807, 2.05) is 0 Å². The van der Waals surface area contributed by atoms with Crippen LogP contribution in [0.5, 0.6) is 0 Å². The van der Waals surface area contributed by atoms with Gasteiger partial charge in [-0.05, 0) is 44.5 Å². The van der Waals surface area contributed by atoms with Crippen molar-refractivity contribution in [3.8, 4) is 0 Å². The van der Waals surface area contributed by atoms with Crippen LogP contribution in [0.2, 0.25) is 5.02 Å². The summed E-state index contributed by atoms with van der Waals surface area (Å²) in [6.07, 6.45) is -0.700. The smallest absolute Gasteiger partial charge is 0.355 e. The second-order valence-corrected chi connectivity index (χ2v) is 5.91. The van der Waals surface area contributed by atoms with Crippen LogP contribution in [0.4, 0.5) is 5.69 Å². The first-order valence-electron chi connectivity index (χ1n) is 7.39. The largest absolute Gasteiger partial charge is 0.451 e. The van der Waals surface area contributed by atoms with Crippen molar-refractivity contribution in [3.63, 3.8) is 0 Å². The van der Waals surface area contributed by atoms with Gasteiger partial charge in [-0.2, -0.15) is 0 Å². The zero-order valence-electron chi connectivity index (χ0n) is 13.6. The standard InChI is InChI=1S/C17H19ClN2O4/c1-9-15(11(3)21)10(2)19-16(9)17(23)24-8-14(22)20-13-6-4-5-12(18)7-13/h4-7,11,19,21H,8H2,1-3H3,(H,20,22)/t11-/m1/s1. The molecule has 2 rings (SSSR count). The molecule has 0 saturated carbocycles. The number of carbonyl (C=O) groups excluding carboxylic acids is 2. The number of ether oxygens (including phenoxy) is 1. The van der Waals surface area contributed by atoms with Gasteiger partial charge >= 0.3 is 5.97 Å². The topological polar surface area (TPSA) is 91.4 Å². The minimum Gasteiger partial charge on any atom is -0.451 e. The predicted molar refractivity (Wildman–Crippen MR) is 91.3 cm³/mol. The molecule has 0 aliphatic heterocycles. The Balaban J connectivity index is 1.98. The third kappa shape index (κ3) is 4.15. The second kappa shape index (κ2) is 7.51. The number of rotatable bonds is 5. The molecule has 0 bridgehead atoms. The molecule has 1 atom stereocenters. The summed E-state index contributed by atoms with van der Waals surface area (Å²) in [7, 11) is 0. The van der Waals surface area contributed by atoms with E-state index in [1.54, 1.807) is 45.0 Å². The number of halogens is 1. The highest BCUT2D eigenvalue weighted by molar-refractivity contribution is 6.30. The Morgan fingerprint density at radius 3 is 2.67 bits per heavy atom. The van der Waals surface area contributed by atoms with E-state index < -0.39 is 24.6 Å². The first-order valence-corrected chi connectivity index (χ1v) is 7.77. The van der Waals surface area contributed by atoms with Gasteiger partial charge in [0, 0.05) is 22.0 Å². The molecule has 6 nitrogen and oxygen atoms in total. The number of aromatic nitrogens is 1. The molecule has 0 saturated heterocycles. The zero-order valence-corrected chi connectivity index (χ0v) is 14.4. The molecule has 24 heavy (non-hydrogen) atoms. The summed E-state index contributed by atoms with van der Waals surface area (Å²) in [5, 5.41) is 12.8. The number of anilines is 1. The van der Waals surface area contributed by atoms with Crippen molar-refractivity contribution in [1.82, 2.24) is 4.98 Å². The van der Waals surface area contributed by atoms with Crippen LogP contribution in [0.15, 0.2) is 24.3 Å². The lowest BCUT2D eigenvalue weighted by Gasteiger charge is -2.07. The van der Waals surface area contributed by atoms with E-state index in [-0.39, 0.29) is 5.69 Å². The van der Waals surface area contributed by atoms with Crippen molar-refractivity contribution in [2.75, 3.05) is 11.9 Å². The summed E-state index contributed by atoms with van der Waals surface area (Å²) in [6.45, 7) is 4.68. The number of carbonyl (C=O) groups is 2. The summed E-state index contributed by atoms with van der Waals surface area (Å²) < 4.78 is 5.02. The highest BCUT2D eigenvalue weighted by Crippen LogP contribution is 2.24. The number of amides is 1. The third-order valence-electron chi connectivity index (χ3n) is 3.56. The van der Waals surface area contributed by atoms with Gasteiger partial charge in [0.25, 0.3) is 5.91 Å². The Labute approximate surface area is 144 Å². The fraction of sp³-hybridized carbons (Fsp3) is 0.294. The van der Waals surface area contributed by atoms with Crippen molar-refractivity contribution < 1.29 is 19.4 Å². The lowest BCUT2D eigenvalue weighted by atomic mass is 10.1. The Hall–Kier alpha value is -2.31. The maximum absolute atomic E-state index is 12.1. The molecule has 2 aromatic rings. The summed E-state index contributed by atoms with van der Waals surface area (Å²) in [4.78, 5) is 26.9. The molecule has 1 amide bonds. The summed E-state index contributed by atoms with van der Waals surface area (Å²) in [5.41, 5.74) is 2.72. The lowest BCUT2D eigenvalue weighted by molar-refractivity contribution is -0.119. The molecule has 0 unspecified atom stereocenters. The van der Waals surface area contributed by atoms with E-state index >= 15 is 0 Å². The van der Waals surface area contributed by atoms with Gasteiger partial charge in [-0.1, -0.05) is 17.7 Å². The maximum Gasteiger partial charge on any atom is 0.355 e. The van der Waals surface area contributed by atoms with E-state index in [0.717, 1.165) is 0 Å². The van der Waals surface area contributed by atoms with Gasteiger partial charge in [0.1, 0.15) is 5.69 Å². The number of aromatic amines is 1. The number of hydrogen-bond donors (Lipinski definition) is 3. The van der Waals surface area contributed by atoms with Crippen molar-refractivity contribution >= 4 is 29.2 Å². The van der Waals surface area contributed by atoms with Crippen molar-refractivity contribution in [3.05, 3.63) is 51.8 Å². The number of hydrogen-bond acceptors (Lipinski definition) is 4. The number of aliphatic hydroxyl groups is 1. The second-order valence-electron chi connectivity index (χ2n) is 5.47. The molecule has 128 valence electrons. The summed E-state index contributed by atoms with van der Waals surface area (Å²) >= 11 is 5.83. The van der Waals surface area contributed by atoms with Crippen LogP contribution >= 0.6 is 11.6 Å². The summed E-state index contributed by atoms with van der Waals surface area (Å²) in [6, 6.07) is 6.66. The normalized spacial score (nSPS) is 11.9. The lowest BCUT2D eigenvalue weighted by Crippen LogP contribution is -2.21. The van der Waals surface area contributed by atoms with Gasteiger partial charge in [-0.3, -0.25) is 4.79 Å². The van der Waals surface area contributed by atoms with E-state index in [0.29, 0.717) is 27.5 Å². The predicted octanol–water partition coefficient (Wildman–Crippen LogP) is 3.13. The Bertz CT molecular complexity index is 768. The van der Waals surface area contributed by atoms with E-state index in [4.69, 9.17) is 16.3 Å². The highest BCUT2D eigenvalue weighted by atomic mass is 35.5. The first-order chi connectivity index (χ1) is 11.3. The summed E-state index contributed by atoms with van der Waals surface area (Å²) in [5.74, 6) is -1.12. The number of nitrogens with one attached hydrogen (secondary N) is 2. The molecule has 0 aliphatic carbocycles. The molecule has 1 aromatic heterocycles. The monoisotopic (exact) mass is 350 g/mol. The molecule has 1 heterocycles. The van der Waals surface area contributed by atoms with Gasteiger partial charge in [-0.15, -0.1) is 0 Å². The van der Waals surface area contributed by atoms with Crippen molar-refractivity contribution in [2.24, 2.45) is 0 Å². The molecule has 0 spiro atoms. The quantitative estimate of drug-likeness (QED) is 0.722. The van der Waals surface area contributed by atoms with Crippen LogP contribution in [-0.2, 0) is 9.53 Å². The minimum absolute atomic E-state index is 0.235. The zero-order chi connectivity index (χ0) is 17.9. The van der Waals surface area contributed by atoms with Gasteiger partial charge in [0.2, 0.25) is 0 Å². The fourth-order valence-electron chi connectivity index (χ4n) is 2.56. The molecular formula is C17H19ClN2O4. The van der Waals surface area contributed by atoms with Crippen LogP contribution in [-0.4, -0.2) is 28.6 Å². The number of benzene rings is 1. The molecule has 0 radical (unpaired) electrons. The Kier molecular flexibility index (Phi) is 5.64. The van der Waals surface area contributed by atoms with E-state index in [2.05, 4.69) is 10.3 Å². The van der Waals surface area contributed by atoms with Gasteiger partial charge in [0.05, 0.1) is 6.10 Å². The van der Waals surface area contributed by atoms with E-state index in [9.17, 15) is 14.7 Å². The van der Waals surface area contributed by atoms with Gasteiger partial charge in [-0.25, -0.2) is 4.79 Å². The van der Waals surface area contributed by atoms with Crippen LogP contribution in [0.3, 0.4) is 0 Å². The minimum atomic E-state index is -0.700. The molecule has 7 heteroatoms. The van der Waals surface area contributed by atoms with Crippen molar-refractivity contribution in [2.45, 2.75) is 26.9 Å². The van der Waals surface area contributed by atoms with Crippen LogP contribution < -0.4 is 5.32 Å². The number of aliphatic hydroxyl groups excluding tert-OH is 1. The molecule has 0 aliphatic rings. The molecular weight excluding hydrogens is 332 g/mol. The Morgan fingerprint density at radius 2 is 2.08 bits per heavy atom. The van der Waals surface area contributed by atoms with Crippen LogP contribution in [0.1, 0.15) is 40.3 Å². The van der Waals surface area contributed by atoms with Gasteiger partial charge in [0.15, 0.2) is 6.61 Å². The maximum atomic E-state index is 12.1. The highest BCUT2D eigenvalue weighted by Gasteiger charge is 2.21. The molecule has 0 fully saturated rings. The van der Waals surface area contributed by atoms with Gasteiger partial charge < -0.3 is 20.1 Å². The van der Waals surface area contributed by atoms with Crippen LogP contribution in [0.25, 0.3) is 0 Å². The SMILES string of the molecule is Cc1[nH]c(C(=O)OCC(=O)Nc2cccc(Cl)c2)c(C)c1[C@@H](C)O. The fourth-order valence-corrected chi connectivity index (χ4v) is 2.75. The van der Waals surface area contributed by atoms with Crippen molar-refractivity contribution in [1.29, 1.82) is 0 Å². The number of esters is 1. The number of H-pyrrole nitrogens is 1. The molecule has 3 N–H and O–H groups in total. The molecule has 1 aromatic carbocycles. The van der Waals surface area contributed by atoms with E-state index in [1.165, 1.54) is 0 Å². The number of aryl methyl sites for hydroxylation is 1. The average Bonchev–Trinajstić information content (AvgIpc) is 2.79. The van der Waals surface area contributed by atoms with Crippen LogP contribution in [0, 0.1) is 13.8 Å².